The first-order chi connectivity index (χ1) is 9.76. The van der Waals surface area contributed by atoms with Crippen LogP contribution in [0.2, 0.25) is 0 Å². The standard InChI is InChI=1S/C7H4Br3F.C7H5Br2F/c8-5-2-7(10)6(9)1-4(5)3-11;1-4-2-5(8)7(10)6(9)3-4/h1-2H,3H2;2-3H,1H3. The van der Waals surface area contributed by atoms with Gasteiger partial charge in [-0.1, -0.05) is 15.9 Å². The molecule has 21 heavy (non-hydrogen) atoms. The fourth-order valence-electron chi connectivity index (χ4n) is 1.35. The number of benzene rings is 2. The van der Waals surface area contributed by atoms with Gasteiger partial charge in [0, 0.05) is 13.4 Å². The Labute approximate surface area is 164 Å². The molecule has 114 valence electrons. The molecule has 0 spiro atoms. The highest BCUT2D eigenvalue weighted by Gasteiger charge is 2.04. The van der Waals surface area contributed by atoms with E-state index in [0.717, 1.165) is 19.0 Å². The summed E-state index contributed by atoms with van der Waals surface area (Å²) in [5.74, 6) is -0.245. The number of rotatable bonds is 1. The fourth-order valence-corrected chi connectivity index (χ4v) is 4.25. The SMILES string of the molecule is Cc1cc(Br)c(F)c(Br)c1.FCc1cc(Br)c(Br)cc1Br. The van der Waals surface area contributed by atoms with Crippen molar-refractivity contribution in [3.05, 3.63) is 63.6 Å². The molecular formula is C14H9Br5F2. The molecule has 0 saturated heterocycles. The van der Waals surface area contributed by atoms with E-state index in [4.69, 9.17) is 0 Å². The zero-order chi connectivity index (χ0) is 16.2. The Morgan fingerprint density at radius 1 is 0.762 bits per heavy atom. The molecule has 0 amide bonds. The van der Waals surface area contributed by atoms with Crippen molar-refractivity contribution in [2.24, 2.45) is 0 Å². The Morgan fingerprint density at radius 2 is 1.24 bits per heavy atom. The topological polar surface area (TPSA) is 0 Å². The summed E-state index contributed by atoms with van der Waals surface area (Å²) in [5, 5.41) is 0. The minimum atomic E-state index is -0.452. The summed E-state index contributed by atoms with van der Waals surface area (Å²) < 4.78 is 28.6. The van der Waals surface area contributed by atoms with Crippen LogP contribution in [0.15, 0.2) is 46.6 Å². The molecule has 0 atom stereocenters. The lowest BCUT2D eigenvalue weighted by Gasteiger charge is -2.01. The number of hydrogen-bond donors (Lipinski definition) is 0. The van der Waals surface area contributed by atoms with Crippen LogP contribution in [0.25, 0.3) is 0 Å². The first kappa shape index (κ1) is 19.7. The molecule has 2 aromatic rings. The minimum absolute atomic E-state index is 0.245. The van der Waals surface area contributed by atoms with Gasteiger partial charge in [-0.05, 0) is 106 Å². The van der Waals surface area contributed by atoms with E-state index in [2.05, 4.69) is 79.6 Å². The van der Waals surface area contributed by atoms with Gasteiger partial charge in [-0.25, -0.2) is 8.78 Å². The van der Waals surface area contributed by atoms with Crippen LogP contribution in [-0.4, -0.2) is 0 Å². The van der Waals surface area contributed by atoms with Gasteiger partial charge in [0.2, 0.25) is 0 Å². The molecule has 0 aliphatic heterocycles. The third-order valence-corrected chi connectivity index (χ3v) is 6.10. The summed E-state index contributed by atoms with van der Waals surface area (Å²) in [6.07, 6.45) is 0. The molecule has 0 unspecified atom stereocenters. The van der Waals surface area contributed by atoms with Crippen LogP contribution in [0.1, 0.15) is 11.1 Å². The van der Waals surface area contributed by atoms with E-state index in [1.54, 1.807) is 18.2 Å². The van der Waals surface area contributed by atoms with E-state index >= 15 is 0 Å². The van der Waals surface area contributed by atoms with E-state index in [1.807, 2.05) is 13.0 Å². The van der Waals surface area contributed by atoms with Gasteiger partial charge in [0.25, 0.3) is 0 Å². The molecule has 0 radical (unpaired) electrons. The van der Waals surface area contributed by atoms with Crippen LogP contribution < -0.4 is 0 Å². The molecule has 0 aromatic heterocycles. The van der Waals surface area contributed by atoms with Gasteiger partial charge in [-0.15, -0.1) is 0 Å². The van der Waals surface area contributed by atoms with Crippen molar-refractivity contribution in [3.8, 4) is 0 Å². The second kappa shape index (κ2) is 9.11. The normalized spacial score (nSPS) is 10.1. The monoisotopic (exact) mass is 610 g/mol. The van der Waals surface area contributed by atoms with Crippen molar-refractivity contribution in [1.82, 2.24) is 0 Å². The first-order valence-electron chi connectivity index (χ1n) is 5.56. The quantitative estimate of drug-likeness (QED) is 0.225. The lowest BCUT2D eigenvalue weighted by Crippen LogP contribution is -1.82. The average molecular weight is 615 g/mol. The number of alkyl halides is 1. The molecule has 2 aromatic carbocycles. The molecule has 0 aliphatic carbocycles. The van der Waals surface area contributed by atoms with Gasteiger partial charge in [0.15, 0.2) is 5.82 Å². The number of aryl methyl sites for hydroxylation is 1. The van der Waals surface area contributed by atoms with Gasteiger partial charge >= 0.3 is 0 Å². The Hall–Kier alpha value is 0.700. The highest BCUT2D eigenvalue weighted by Crippen LogP contribution is 2.30. The van der Waals surface area contributed by atoms with Crippen LogP contribution in [-0.2, 0) is 6.67 Å². The summed E-state index contributed by atoms with van der Waals surface area (Å²) in [7, 11) is 0. The first-order valence-corrected chi connectivity index (χ1v) is 9.53. The molecule has 0 bridgehead atoms. The van der Waals surface area contributed by atoms with Crippen molar-refractivity contribution >= 4 is 79.6 Å². The lowest BCUT2D eigenvalue weighted by atomic mass is 10.2. The van der Waals surface area contributed by atoms with E-state index in [1.165, 1.54) is 0 Å². The third kappa shape index (κ3) is 6.01. The van der Waals surface area contributed by atoms with Crippen molar-refractivity contribution < 1.29 is 8.78 Å². The summed E-state index contributed by atoms with van der Waals surface area (Å²) >= 11 is 16.0. The molecule has 0 aliphatic rings. The predicted molar refractivity (Wildman–Crippen MR) is 101 cm³/mol. The lowest BCUT2D eigenvalue weighted by molar-refractivity contribution is 0.483. The van der Waals surface area contributed by atoms with Crippen LogP contribution in [0.4, 0.5) is 8.78 Å². The number of hydrogen-bond acceptors (Lipinski definition) is 0. The smallest absolute Gasteiger partial charge is 0.151 e. The Bertz CT molecular complexity index is 620. The maximum Gasteiger partial charge on any atom is 0.151 e. The maximum atomic E-state index is 12.8. The van der Waals surface area contributed by atoms with Crippen LogP contribution >= 0.6 is 79.6 Å². The van der Waals surface area contributed by atoms with Crippen LogP contribution in [0.5, 0.6) is 0 Å². The zero-order valence-electron chi connectivity index (χ0n) is 10.7. The predicted octanol–water partition coefficient (Wildman–Crippen LogP) is 8.10. The molecular weight excluding hydrogens is 606 g/mol. The zero-order valence-corrected chi connectivity index (χ0v) is 18.6. The van der Waals surface area contributed by atoms with Crippen molar-refractivity contribution in [2.45, 2.75) is 13.6 Å². The van der Waals surface area contributed by atoms with Gasteiger partial charge in [-0.3, -0.25) is 0 Å². The molecule has 0 N–H and O–H groups in total. The van der Waals surface area contributed by atoms with E-state index < -0.39 is 6.67 Å². The summed E-state index contributed by atoms with van der Waals surface area (Å²) in [5.41, 5.74) is 1.68. The van der Waals surface area contributed by atoms with E-state index in [9.17, 15) is 8.78 Å². The minimum Gasteiger partial charge on any atom is -0.246 e. The van der Waals surface area contributed by atoms with Crippen molar-refractivity contribution in [3.63, 3.8) is 0 Å². The van der Waals surface area contributed by atoms with Crippen molar-refractivity contribution in [1.29, 1.82) is 0 Å². The highest BCUT2D eigenvalue weighted by molar-refractivity contribution is 9.13. The Balaban J connectivity index is 0.000000211. The third-order valence-electron chi connectivity index (χ3n) is 2.36. The fraction of sp³-hybridized carbons (Fsp3) is 0.143. The van der Waals surface area contributed by atoms with Gasteiger partial charge in [0.1, 0.15) is 6.67 Å². The molecule has 0 fully saturated rings. The Morgan fingerprint density at radius 3 is 1.71 bits per heavy atom. The molecule has 7 heteroatoms. The van der Waals surface area contributed by atoms with E-state index in [0.29, 0.717) is 14.5 Å². The molecule has 0 heterocycles. The second-order valence-electron chi connectivity index (χ2n) is 4.03. The molecule has 2 rings (SSSR count). The maximum absolute atomic E-state index is 12.8. The largest absolute Gasteiger partial charge is 0.246 e. The van der Waals surface area contributed by atoms with Gasteiger partial charge in [0.05, 0.1) is 8.95 Å². The molecule has 0 saturated carbocycles. The summed E-state index contributed by atoms with van der Waals surface area (Å²) in [6, 6.07) is 7.04. The highest BCUT2D eigenvalue weighted by atomic mass is 79.9. The van der Waals surface area contributed by atoms with E-state index in [-0.39, 0.29) is 5.82 Å². The summed E-state index contributed by atoms with van der Waals surface area (Å²) in [4.78, 5) is 0. The average Bonchev–Trinajstić information content (AvgIpc) is 2.41. The van der Waals surface area contributed by atoms with Gasteiger partial charge < -0.3 is 0 Å². The second-order valence-corrected chi connectivity index (χ2v) is 8.31. The Kier molecular flexibility index (Phi) is 8.56. The summed E-state index contributed by atoms with van der Waals surface area (Å²) in [6.45, 7) is 1.46. The van der Waals surface area contributed by atoms with Crippen molar-refractivity contribution in [2.75, 3.05) is 0 Å². The van der Waals surface area contributed by atoms with Gasteiger partial charge in [-0.2, -0.15) is 0 Å². The van der Waals surface area contributed by atoms with Crippen LogP contribution in [0.3, 0.4) is 0 Å². The molecule has 0 nitrogen and oxygen atoms in total. The van der Waals surface area contributed by atoms with Crippen LogP contribution in [0, 0.1) is 12.7 Å². The number of halogens is 7.